The molecule has 3 rings (SSSR count). The van der Waals surface area contributed by atoms with E-state index in [2.05, 4.69) is 15.3 Å². The summed E-state index contributed by atoms with van der Waals surface area (Å²) in [5, 5.41) is 42.4. The number of amidine groups is 1. The van der Waals surface area contributed by atoms with E-state index >= 15 is 0 Å². The third kappa shape index (κ3) is 2.51. The Hall–Kier alpha value is -2.27. The molecule has 5 N–H and O–H groups in total. The van der Waals surface area contributed by atoms with Crippen molar-refractivity contribution < 1.29 is 20.1 Å². The second-order valence-electron chi connectivity index (χ2n) is 5.15. The van der Waals surface area contributed by atoms with Crippen LogP contribution in [0.2, 0.25) is 0 Å². The lowest BCUT2D eigenvalue weighted by molar-refractivity contribution is -0.110. The molecule has 0 saturated heterocycles. The fourth-order valence-electron chi connectivity index (χ4n) is 2.58. The number of hydrogen-bond donors (Lipinski definition) is 4. The van der Waals surface area contributed by atoms with Crippen molar-refractivity contribution in [1.29, 1.82) is 0 Å². The van der Waals surface area contributed by atoms with E-state index in [1.807, 2.05) is 0 Å². The summed E-state index contributed by atoms with van der Waals surface area (Å²) in [5.41, 5.74) is 7.28. The highest BCUT2D eigenvalue weighted by Gasteiger charge is 2.27. The highest BCUT2D eigenvalue weighted by Crippen LogP contribution is 2.33. The summed E-state index contributed by atoms with van der Waals surface area (Å²) in [5.74, 6) is 0.859. The minimum absolute atomic E-state index is 0.314. The van der Waals surface area contributed by atoms with Crippen LogP contribution in [0.25, 0.3) is 10.9 Å². The van der Waals surface area contributed by atoms with Gasteiger partial charge < -0.3 is 30.4 Å². The maximum atomic E-state index is 9.65. The smallest absolute Gasteiger partial charge is 0.181 e. The van der Waals surface area contributed by atoms with E-state index in [0.717, 1.165) is 5.39 Å². The number of aliphatic hydroxyl groups is 3. The van der Waals surface area contributed by atoms with Gasteiger partial charge in [0.2, 0.25) is 0 Å². The fraction of sp³-hybridized carbons (Fsp3) is 0.462. The molecule has 0 aromatic carbocycles. The van der Waals surface area contributed by atoms with Crippen molar-refractivity contribution in [3.05, 3.63) is 18.0 Å². The number of hydrogen-bond acceptors (Lipinski definition) is 9. The van der Waals surface area contributed by atoms with Gasteiger partial charge in [0.1, 0.15) is 6.10 Å². The largest absolute Gasteiger partial charge is 0.394 e. The molecule has 0 bridgehead atoms. The molecule has 1 aliphatic rings. The lowest BCUT2D eigenvalue weighted by Crippen LogP contribution is -2.28. The van der Waals surface area contributed by atoms with Crippen LogP contribution in [0.5, 0.6) is 0 Å². The van der Waals surface area contributed by atoms with Crippen LogP contribution < -0.4 is 10.7 Å². The molecule has 124 valence electrons. The van der Waals surface area contributed by atoms with Crippen LogP contribution in [0.3, 0.4) is 0 Å². The molecule has 0 unspecified atom stereocenters. The molecule has 2 aromatic rings. The predicted octanol–water partition coefficient (Wildman–Crippen LogP) is -1.64. The Bertz CT molecular complexity index is 741. The maximum Gasteiger partial charge on any atom is 0.181 e. The number of hydrazone groups is 1. The summed E-state index contributed by atoms with van der Waals surface area (Å²) in [7, 11) is 1.71. The number of nitrogens with zero attached hydrogens (tertiary/aromatic N) is 5. The van der Waals surface area contributed by atoms with Crippen LogP contribution in [0, 0.1) is 0 Å². The van der Waals surface area contributed by atoms with Crippen LogP contribution >= 0.6 is 0 Å². The zero-order valence-corrected chi connectivity index (χ0v) is 12.5. The zero-order chi connectivity index (χ0) is 16.6. The van der Waals surface area contributed by atoms with E-state index in [-0.39, 0.29) is 19.8 Å². The summed E-state index contributed by atoms with van der Waals surface area (Å²) in [6.45, 7) is -1.09. The molecule has 0 aliphatic carbocycles. The molecule has 0 amide bonds. The lowest BCUT2D eigenvalue weighted by atomic mass is 10.2. The van der Waals surface area contributed by atoms with E-state index < -0.39 is 12.3 Å². The first kappa shape index (κ1) is 15.6. The van der Waals surface area contributed by atoms with Gasteiger partial charge in [0.05, 0.1) is 36.9 Å². The molecule has 0 spiro atoms. The number of rotatable bonds is 6. The SMILES string of the molecule is CN1N=C(N)c2cn([C@@H](CO)OC(CO)CO)c3cnnc1c23. The van der Waals surface area contributed by atoms with Crippen molar-refractivity contribution in [2.45, 2.75) is 12.3 Å². The van der Waals surface area contributed by atoms with Gasteiger partial charge in [-0.15, -0.1) is 5.10 Å². The molecule has 1 aliphatic heterocycles. The normalized spacial score (nSPS) is 15.3. The van der Waals surface area contributed by atoms with E-state index in [0.29, 0.717) is 22.7 Å². The van der Waals surface area contributed by atoms with E-state index in [4.69, 9.17) is 20.7 Å². The molecular weight excluding hydrogens is 304 g/mol. The van der Waals surface area contributed by atoms with Crippen molar-refractivity contribution in [2.75, 3.05) is 31.9 Å². The van der Waals surface area contributed by atoms with E-state index in [1.165, 1.54) is 11.2 Å². The lowest BCUT2D eigenvalue weighted by Gasteiger charge is -2.23. The second-order valence-corrected chi connectivity index (χ2v) is 5.15. The van der Waals surface area contributed by atoms with Gasteiger partial charge in [0, 0.05) is 18.8 Å². The minimum Gasteiger partial charge on any atom is -0.394 e. The average Bonchev–Trinajstić information content (AvgIpc) is 2.95. The monoisotopic (exact) mass is 322 g/mol. The van der Waals surface area contributed by atoms with Crippen molar-refractivity contribution in [3.8, 4) is 0 Å². The summed E-state index contributed by atoms with van der Waals surface area (Å²) < 4.78 is 7.18. The number of nitrogens with two attached hydrogens (primary N) is 1. The standard InChI is InChI=1S/C13H18N6O4/c1-18-13-11-8(12(14)17-18)3-19(9(11)2-15-16-13)10(6-22)23-7(4-20)5-21/h2-3,7,10,20-22H,4-6H2,1H3,(H2,14,17)/t10-/m1/s1. The van der Waals surface area contributed by atoms with Crippen LogP contribution in [0.1, 0.15) is 11.8 Å². The first-order valence-corrected chi connectivity index (χ1v) is 7.03. The third-order valence-corrected chi connectivity index (χ3v) is 3.69. The van der Waals surface area contributed by atoms with Crippen LogP contribution in [0.4, 0.5) is 5.82 Å². The van der Waals surface area contributed by atoms with Gasteiger partial charge in [-0.05, 0) is 0 Å². The van der Waals surface area contributed by atoms with E-state index in [1.54, 1.807) is 17.8 Å². The molecular formula is C13H18N6O4. The van der Waals surface area contributed by atoms with Crippen LogP contribution in [0.15, 0.2) is 17.5 Å². The first-order valence-electron chi connectivity index (χ1n) is 7.03. The van der Waals surface area contributed by atoms with Crippen molar-refractivity contribution in [2.24, 2.45) is 10.8 Å². The number of aromatic nitrogens is 3. The van der Waals surface area contributed by atoms with Gasteiger partial charge >= 0.3 is 0 Å². The van der Waals surface area contributed by atoms with Gasteiger partial charge in [0.25, 0.3) is 0 Å². The molecule has 0 saturated carbocycles. The van der Waals surface area contributed by atoms with Crippen molar-refractivity contribution in [1.82, 2.24) is 14.8 Å². The third-order valence-electron chi connectivity index (χ3n) is 3.69. The Morgan fingerprint density at radius 3 is 2.65 bits per heavy atom. The molecule has 2 aromatic heterocycles. The summed E-state index contributed by atoms with van der Waals surface area (Å²) in [4.78, 5) is 0. The molecule has 0 radical (unpaired) electrons. The second kappa shape index (κ2) is 6.08. The Morgan fingerprint density at radius 2 is 2.00 bits per heavy atom. The Labute approximate surface area is 131 Å². The van der Waals surface area contributed by atoms with Gasteiger partial charge in [-0.3, -0.25) is 0 Å². The average molecular weight is 322 g/mol. The summed E-state index contributed by atoms with van der Waals surface area (Å²) in [6, 6.07) is 0. The van der Waals surface area contributed by atoms with Gasteiger partial charge in [0.15, 0.2) is 17.9 Å². The zero-order valence-electron chi connectivity index (χ0n) is 12.5. The predicted molar refractivity (Wildman–Crippen MR) is 81.8 cm³/mol. The fourth-order valence-corrected chi connectivity index (χ4v) is 2.58. The maximum absolute atomic E-state index is 9.65. The molecule has 23 heavy (non-hydrogen) atoms. The number of anilines is 1. The topological polar surface area (TPSA) is 142 Å². The summed E-state index contributed by atoms with van der Waals surface area (Å²) in [6.07, 6.45) is 1.61. The molecule has 0 fully saturated rings. The molecule has 10 nitrogen and oxygen atoms in total. The number of ether oxygens (including phenoxy) is 1. The Kier molecular flexibility index (Phi) is 4.13. The van der Waals surface area contributed by atoms with Gasteiger partial charge in [-0.25, -0.2) is 5.01 Å². The summed E-state index contributed by atoms with van der Waals surface area (Å²) >= 11 is 0. The highest BCUT2D eigenvalue weighted by atomic mass is 16.5. The Morgan fingerprint density at radius 1 is 1.26 bits per heavy atom. The first-order chi connectivity index (χ1) is 11.1. The van der Waals surface area contributed by atoms with Crippen LogP contribution in [-0.2, 0) is 4.74 Å². The van der Waals surface area contributed by atoms with Crippen molar-refractivity contribution in [3.63, 3.8) is 0 Å². The van der Waals surface area contributed by atoms with Gasteiger partial charge in [-0.1, -0.05) is 0 Å². The molecule has 10 heteroatoms. The van der Waals surface area contributed by atoms with Crippen LogP contribution in [-0.4, -0.2) is 68.9 Å². The minimum atomic E-state index is -0.816. The number of aliphatic hydroxyl groups excluding tert-OH is 3. The van der Waals surface area contributed by atoms with E-state index in [9.17, 15) is 5.11 Å². The highest BCUT2D eigenvalue weighted by molar-refractivity contribution is 6.14. The van der Waals surface area contributed by atoms with Gasteiger partial charge in [-0.2, -0.15) is 10.2 Å². The Balaban J connectivity index is 2.11. The van der Waals surface area contributed by atoms with Crippen molar-refractivity contribution >= 4 is 22.6 Å². The quantitative estimate of drug-likeness (QED) is 0.496. The molecule has 3 heterocycles. The molecule has 1 atom stereocenters.